The van der Waals surface area contributed by atoms with E-state index in [1.54, 1.807) is 6.07 Å². The van der Waals surface area contributed by atoms with Gasteiger partial charge in [0.25, 0.3) is 11.5 Å². The highest BCUT2D eigenvalue weighted by Crippen LogP contribution is 2.09. The molecule has 0 bridgehead atoms. The molecule has 2 N–H and O–H groups in total. The van der Waals surface area contributed by atoms with Crippen molar-refractivity contribution in [2.75, 3.05) is 0 Å². The SMILES string of the molecule is CC(C)Cc1cc(CNC(=O)c2cn(C)c(=O)[nH]c2=O)on1. The van der Waals surface area contributed by atoms with E-state index in [1.165, 1.54) is 13.2 Å². The molecule has 0 aromatic carbocycles. The molecule has 22 heavy (non-hydrogen) atoms. The van der Waals surface area contributed by atoms with Gasteiger partial charge >= 0.3 is 5.69 Å². The third kappa shape index (κ3) is 3.72. The number of hydrogen-bond acceptors (Lipinski definition) is 5. The maximum atomic E-state index is 12.0. The quantitative estimate of drug-likeness (QED) is 0.819. The standard InChI is InChI=1S/C14H18N4O4/c1-8(2)4-9-5-10(22-17-9)6-15-12(19)11-7-18(3)14(21)16-13(11)20/h5,7-8H,4,6H2,1-3H3,(H,15,19)(H,16,20,21). The normalized spacial score (nSPS) is 10.9. The molecule has 0 saturated carbocycles. The van der Waals surface area contributed by atoms with Crippen LogP contribution in [0.25, 0.3) is 0 Å². The zero-order valence-electron chi connectivity index (χ0n) is 12.7. The second kappa shape index (κ2) is 6.42. The summed E-state index contributed by atoms with van der Waals surface area (Å²) in [6, 6.07) is 1.77. The summed E-state index contributed by atoms with van der Waals surface area (Å²) in [6.07, 6.45) is 1.99. The smallest absolute Gasteiger partial charge is 0.328 e. The summed E-state index contributed by atoms with van der Waals surface area (Å²) >= 11 is 0. The molecule has 2 heterocycles. The van der Waals surface area contributed by atoms with E-state index in [0.717, 1.165) is 16.7 Å². The van der Waals surface area contributed by atoms with Gasteiger partial charge in [0.2, 0.25) is 0 Å². The Bertz CT molecular complexity index is 785. The maximum absolute atomic E-state index is 12.0. The number of H-pyrrole nitrogens is 1. The van der Waals surface area contributed by atoms with E-state index in [9.17, 15) is 14.4 Å². The number of aromatic nitrogens is 3. The summed E-state index contributed by atoms with van der Waals surface area (Å²) in [6.45, 7) is 4.26. The number of aromatic amines is 1. The van der Waals surface area contributed by atoms with Gasteiger partial charge in [-0.2, -0.15) is 0 Å². The zero-order chi connectivity index (χ0) is 16.3. The minimum Gasteiger partial charge on any atom is -0.359 e. The largest absolute Gasteiger partial charge is 0.359 e. The predicted molar refractivity (Wildman–Crippen MR) is 78.5 cm³/mol. The van der Waals surface area contributed by atoms with Gasteiger partial charge in [-0.25, -0.2) is 4.79 Å². The highest BCUT2D eigenvalue weighted by Gasteiger charge is 2.13. The highest BCUT2D eigenvalue weighted by molar-refractivity contribution is 5.93. The van der Waals surface area contributed by atoms with Crippen LogP contribution >= 0.6 is 0 Å². The van der Waals surface area contributed by atoms with E-state index in [-0.39, 0.29) is 12.1 Å². The number of rotatable bonds is 5. The first kappa shape index (κ1) is 15.7. The average Bonchev–Trinajstić information content (AvgIpc) is 2.87. The van der Waals surface area contributed by atoms with Gasteiger partial charge in [0.05, 0.1) is 12.2 Å². The molecule has 0 fully saturated rings. The molecule has 0 aliphatic carbocycles. The Morgan fingerprint density at radius 1 is 1.45 bits per heavy atom. The van der Waals surface area contributed by atoms with Gasteiger partial charge in [-0.3, -0.25) is 14.6 Å². The minimum atomic E-state index is -0.723. The lowest BCUT2D eigenvalue weighted by Crippen LogP contribution is -2.35. The van der Waals surface area contributed by atoms with Crippen molar-refractivity contribution in [2.24, 2.45) is 13.0 Å². The Balaban J connectivity index is 2.04. The van der Waals surface area contributed by atoms with Gasteiger partial charge in [0, 0.05) is 19.3 Å². The number of aryl methyl sites for hydroxylation is 1. The number of nitrogens with one attached hydrogen (secondary N) is 2. The summed E-state index contributed by atoms with van der Waals surface area (Å²) in [5, 5.41) is 6.47. The van der Waals surface area contributed by atoms with Crippen molar-refractivity contribution in [3.05, 3.63) is 50.1 Å². The molecule has 0 saturated heterocycles. The second-order valence-electron chi connectivity index (χ2n) is 5.48. The van der Waals surface area contributed by atoms with Crippen LogP contribution in [0, 0.1) is 5.92 Å². The van der Waals surface area contributed by atoms with E-state index in [4.69, 9.17) is 4.52 Å². The maximum Gasteiger partial charge on any atom is 0.328 e. The van der Waals surface area contributed by atoms with Crippen molar-refractivity contribution in [2.45, 2.75) is 26.8 Å². The van der Waals surface area contributed by atoms with E-state index < -0.39 is 17.2 Å². The van der Waals surface area contributed by atoms with Crippen molar-refractivity contribution >= 4 is 5.91 Å². The van der Waals surface area contributed by atoms with Crippen LogP contribution in [0.2, 0.25) is 0 Å². The molecular weight excluding hydrogens is 288 g/mol. The van der Waals surface area contributed by atoms with Gasteiger partial charge in [-0.1, -0.05) is 19.0 Å². The molecule has 8 nitrogen and oxygen atoms in total. The molecule has 118 valence electrons. The summed E-state index contributed by atoms with van der Waals surface area (Å²) in [5.41, 5.74) is -0.614. The van der Waals surface area contributed by atoms with E-state index in [2.05, 4.69) is 29.3 Å². The summed E-state index contributed by atoms with van der Waals surface area (Å²) in [7, 11) is 1.45. The number of nitrogens with zero attached hydrogens (tertiary/aromatic N) is 2. The molecule has 0 unspecified atom stereocenters. The third-order valence-electron chi connectivity index (χ3n) is 3.00. The fourth-order valence-corrected chi connectivity index (χ4v) is 1.94. The van der Waals surface area contributed by atoms with Gasteiger partial charge in [-0.15, -0.1) is 0 Å². The highest BCUT2D eigenvalue weighted by atomic mass is 16.5. The Kier molecular flexibility index (Phi) is 4.59. The number of carbonyl (C=O) groups excluding carboxylic acids is 1. The Morgan fingerprint density at radius 3 is 2.86 bits per heavy atom. The molecule has 0 aliphatic rings. The topological polar surface area (TPSA) is 110 Å². The summed E-state index contributed by atoms with van der Waals surface area (Å²) < 4.78 is 6.25. The lowest BCUT2D eigenvalue weighted by atomic mass is 10.1. The van der Waals surface area contributed by atoms with Gasteiger partial charge in [-0.05, 0) is 12.3 Å². The Labute approximate surface area is 126 Å². The molecular formula is C14H18N4O4. The number of amides is 1. The van der Waals surface area contributed by atoms with E-state index in [0.29, 0.717) is 11.7 Å². The second-order valence-corrected chi connectivity index (χ2v) is 5.48. The fraction of sp³-hybridized carbons (Fsp3) is 0.429. The molecule has 0 aliphatic heterocycles. The molecule has 8 heteroatoms. The van der Waals surface area contributed by atoms with Crippen LogP contribution in [-0.4, -0.2) is 20.6 Å². The minimum absolute atomic E-state index is 0.117. The number of hydrogen-bond donors (Lipinski definition) is 2. The van der Waals surface area contributed by atoms with Crippen LogP contribution in [-0.2, 0) is 20.0 Å². The van der Waals surface area contributed by atoms with Crippen LogP contribution in [0.3, 0.4) is 0 Å². The summed E-state index contributed by atoms with van der Waals surface area (Å²) in [5.74, 6) is 0.376. The third-order valence-corrected chi connectivity index (χ3v) is 3.00. The number of carbonyl (C=O) groups is 1. The van der Waals surface area contributed by atoms with E-state index >= 15 is 0 Å². The predicted octanol–water partition coefficient (Wildman–Crippen LogP) is 0.190. The molecule has 0 atom stereocenters. The zero-order valence-corrected chi connectivity index (χ0v) is 12.7. The first-order chi connectivity index (χ1) is 10.4. The molecule has 2 aromatic heterocycles. The van der Waals surface area contributed by atoms with Crippen LogP contribution in [0.15, 0.2) is 26.4 Å². The van der Waals surface area contributed by atoms with Crippen molar-refractivity contribution in [1.82, 2.24) is 20.0 Å². The van der Waals surface area contributed by atoms with Crippen LogP contribution < -0.4 is 16.6 Å². The van der Waals surface area contributed by atoms with Crippen LogP contribution in [0.1, 0.15) is 35.7 Å². The fourth-order valence-electron chi connectivity index (χ4n) is 1.94. The average molecular weight is 306 g/mol. The molecule has 2 rings (SSSR count). The van der Waals surface area contributed by atoms with Crippen LogP contribution in [0.5, 0.6) is 0 Å². The summed E-state index contributed by atoms with van der Waals surface area (Å²) in [4.78, 5) is 36.9. The molecule has 2 aromatic rings. The van der Waals surface area contributed by atoms with Gasteiger partial charge in [0.1, 0.15) is 5.56 Å². The van der Waals surface area contributed by atoms with Gasteiger partial charge in [0.15, 0.2) is 5.76 Å². The van der Waals surface area contributed by atoms with Crippen molar-refractivity contribution < 1.29 is 9.32 Å². The van der Waals surface area contributed by atoms with Gasteiger partial charge < -0.3 is 14.4 Å². The lowest BCUT2D eigenvalue weighted by Gasteiger charge is -2.03. The molecule has 1 amide bonds. The first-order valence-electron chi connectivity index (χ1n) is 6.89. The van der Waals surface area contributed by atoms with Crippen molar-refractivity contribution in [3.63, 3.8) is 0 Å². The Morgan fingerprint density at radius 2 is 2.18 bits per heavy atom. The first-order valence-corrected chi connectivity index (χ1v) is 6.89. The molecule has 0 spiro atoms. The van der Waals surface area contributed by atoms with Crippen molar-refractivity contribution in [1.29, 1.82) is 0 Å². The molecule has 0 radical (unpaired) electrons. The van der Waals surface area contributed by atoms with Crippen molar-refractivity contribution in [3.8, 4) is 0 Å². The lowest BCUT2D eigenvalue weighted by molar-refractivity contribution is 0.0944. The monoisotopic (exact) mass is 306 g/mol. The Hall–Kier alpha value is -2.64. The van der Waals surface area contributed by atoms with E-state index in [1.807, 2.05) is 0 Å². The van der Waals surface area contributed by atoms with Crippen LogP contribution in [0.4, 0.5) is 0 Å².